The highest BCUT2D eigenvalue weighted by Gasteiger charge is 2.20. The third-order valence-corrected chi connectivity index (χ3v) is 3.70. The van der Waals surface area contributed by atoms with Gasteiger partial charge in [0.25, 0.3) is 0 Å². The Labute approximate surface area is 115 Å². The fourth-order valence-corrected chi connectivity index (χ4v) is 2.28. The number of carbonyl (C=O) groups excluding carboxylic acids is 1. The number of methoxy groups -OCH3 is 1. The summed E-state index contributed by atoms with van der Waals surface area (Å²) in [6.45, 7) is 4.63. The number of esters is 1. The van der Waals surface area contributed by atoms with Gasteiger partial charge in [0, 0.05) is 6.54 Å². The van der Waals surface area contributed by atoms with Crippen LogP contribution in [-0.2, 0) is 14.3 Å². The van der Waals surface area contributed by atoms with E-state index in [1.807, 2.05) is 0 Å². The predicted molar refractivity (Wildman–Crippen MR) is 72.9 cm³/mol. The Balaban J connectivity index is 2.10. The lowest BCUT2D eigenvalue weighted by Gasteiger charge is -2.27. The van der Waals surface area contributed by atoms with Gasteiger partial charge in [-0.3, -0.25) is 4.79 Å². The van der Waals surface area contributed by atoms with E-state index < -0.39 is 12.1 Å². The molecule has 1 saturated carbocycles. The fourth-order valence-electron chi connectivity index (χ4n) is 2.28. The first-order valence-corrected chi connectivity index (χ1v) is 7.13. The first-order chi connectivity index (χ1) is 9.02. The molecular weight excluding hydrogens is 246 g/mol. The SMILES string of the molecule is COC(=O)C(C)NCC(O)COC1CCC(C)CC1. The summed E-state index contributed by atoms with van der Waals surface area (Å²) in [5, 5.41) is 12.7. The number of aliphatic hydroxyl groups is 1. The van der Waals surface area contributed by atoms with Crippen molar-refractivity contribution in [2.45, 2.75) is 57.8 Å². The average Bonchev–Trinajstić information content (AvgIpc) is 2.43. The molecule has 2 atom stereocenters. The highest BCUT2D eigenvalue weighted by Crippen LogP contribution is 2.25. The number of nitrogens with one attached hydrogen (secondary N) is 1. The molecule has 0 radical (unpaired) electrons. The molecule has 0 saturated heterocycles. The van der Waals surface area contributed by atoms with Gasteiger partial charge in [0.15, 0.2) is 0 Å². The zero-order chi connectivity index (χ0) is 14.3. The molecule has 1 rings (SSSR count). The van der Waals surface area contributed by atoms with Crippen LogP contribution in [0.1, 0.15) is 39.5 Å². The summed E-state index contributed by atoms with van der Waals surface area (Å²) in [6, 6.07) is -0.407. The number of rotatable bonds is 7. The van der Waals surface area contributed by atoms with Crippen LogP contribution in [0.2, 0.25) is 0 Å². The van der Waals surface area contributed by atoms with E-state index in [0.717, 1.165) is 18.8 Å². The topological polar surface area (TPSA) is 67.8 Å². The van der Waals surface area contributed by atoms with E-state index in [0.29, 0.717) is 13.2 Å². The third kappa shape index (κ3) is 6.36. The van der Waals surface area contributed by atoms with Gasteiger partial charge in [-0.25, -0.2) is 0 Å². The summed E-state index contributed by atoms with van der Waals surface area (Å²) in [4.78, 5) is 11.2. The summed E-state index contributed by atoms with van der Waals surface area (Å²) >= 11 is 0. The lowest BCUT2D eigenvalue weighted by Crippen LogP contribution is -2.41. The number of aliphatic hydroxyl groups excluding tert-OH is 1. The van der Waals surface area contributed by atoms with Crippen molar-refractivity contribution >= 4 is 5.97 Å². The molecule has 19 heavy (non-hydrogen) atoms. The maximum Gasteiger partial charge on any atom is 0.322 e. The number of hydrogen-bond acceptors (Lipinski definition) is 5. The minimum atomic E-state index is -0.591. The van der Waals surface area contributed by atoms with Crippen LogP contribution in [-0.4, -0.2) is 49.6 Å². The molecule has 0 spiro atoms. The largest absolute Gasteiger partial charge is 0.468 e. The van der Waals surface area contributed by atoms with Crippen molar-refractivity contribution in [3.63, 3.8) is 0 Å². The third-order valence-electron chi connectivity index (χ3n) is 3.70. The van der Waals surface area contributed by atoms with Gasteiger partial charge in [0.2, 0.25) is 0 Å². The second-order valence-corrected chi connectivity index (χ2v) is 5.52. The van der Waals surface area contributed by atoms with Crippen LogP contribution >= 0.6 is 0 Å². The molecule has 0 aromatic rings. The van der Waals surface area contributed by atoms with Crippen molar-refractivity contribution in [2.75, 3.05) is 20.3 Å². The van der Waals surface area contributed by atoms with E-state index >= 15 is 0 Å². The molecule has 0 amide bonds. The van der Waals surface area contributed by atoms with Crippen LogP contribution in [0.5, 0.6) is 0 Å². The highest BCUT2D eigenvalue weighted by molar-refractivity contribution is 5.75. The molecule has 1 aliphatic carbocycles. The van der Waals surface area contributed by atoms with Crippen LogP contribution in [0.15, 0.2) is 0 Å². The first kappa shape index (κ1) is 16.4. The Morgan fingerprint density at radius 3 is 2.58 bits per heavy atom. The van der Waals surface area contributed by atoms with E-state index in [1.165, 1.54) is 20.0 Å². The Kier molecular flexibility index (Phi) is 7.34. The van der Waals surface area contributed by atoms with Gasteiger partial charge in [0.1, 0.15) is 6.04 Å². The summed E-state index contributed by atoms with van der Waals surface area (Å²) < 4.78 is 10.3. The van der Waals surface area contributed by atoms with Crippen LogP contribution in [0.4, 0.5) is 0 Å². The zero-order valence-electron chi connectivity index (χ0n) is 12.2. The number of hydrogen-bond donors (Lipinski definition) is 2. The second kappa shape index (κ2) is 8.51. The van der Waals surface area contributed by atoms with Gasteiger partial charge in [-0.05, 0) is 38.5 Å². The van der Waals surface area contributed by atoms with Gasteiger partial charge in [-0.15, -0.1) is 0 Å². The standard InChI is InChI=1S/C14H27NO4/c1-10-4-6-13(7-5-10)19-9-12(16)8-15-11(2)14(17)18-3/h10-13,15-16H,4-9H2,1-3H3. The van der Waals surface area contributed by atoms with E-state index in [4.69, 9.17) is 4.74 Å². The van der Waals surface area contributed by atoms with Crippen LogP contribution in [0.3, 0.4) is 0 Å². The van der Waals surface area contributed by atoms with Crippen LogP contribution in [0.25, 0.3) is 0 Å². The van der Waals surface area contributed by atoms with E-state index in [2.05, 4.69) is 17.0 Å². The Morgan fingerprint density at radius 2 is 2.00 bits per heavy atom. The molecule has 2 unspecified atom stereocenters. The van der Waals surface area contributed by atoms with E-state index in [-0.39, 0.29) is 12.1 Å². The minimum absolute atomic E-state index is 0.281. The highest BCUT2D eigenvalue weighted by atomic mass is 16.5. The lowest BCUT2D eigenvalue weighted by molar-refractivity contribution is -0.142. The average molecular weight is 273 g/mol. The molecule has 0 heterocycles. The maximum absolute atomic E-state index is 11.2. The van der Waals surface area contributed by atoms with Crippen molar-refractivity contribution in [1.29, 1.82) is 0 Å². The first-order valence-electron chi connectivity index (χ1n) is 7.13. The number of ether oxygens (including phenoxy) is 2. The summed E-state index contributed by atoms with van der Waals surface area (Å²) in [5.74, 6) is 0.474. The lowest BCUT2D eigenvalue weighted by atomic mass is 9.89. The van der Waals surface area contributed by atoms with Gasteiger partial charge in [-0.2, -0.15) is 0 Å². The Bertz CT molecular complexity index is 264. The smallest absolute Gasteiger partial charge is 0.322 e. The van der Waals surface area contributed by atoms with Gasteiger partial charge >= 0.3 is 5.97 Å². The van der Waals surface area contributed by atoms with Crippen molar-refractivity contribution < 1.29 is 19.4 Å². The molecule has 0 aliphatic heterocycles. The summed E-state index contributed by atoms with van der Waals surface area (Å²) in [7, 11) is 1.35. The minimum Gasteiger partial charge on any atom is -0.468 e. The molecule has 5 heteroatoms. The van der Waals surface area contributed by atoms with Crippen molar-refractivity contribution in [2.24, 2.45) is 5.92 Å². The van der Waals surface area contributed by atoms with Crippen LogP contribution in [0, 0.1) is 5.92 Å². The predicted octanol–water partition coefficient (Wildman–Crippen LogP) is 1.09. The molecule has 0 aromatic heterocycles. The summed E-state index contributed by atoms with van der Waals surface area (Å²) in [5.41, 5.74) is 0. The molecule has 2 N–H and O–H groups in total. The normalized spacial score (nSPS) is 26.7. The molecule has 0 aromatic carbocycles. The van der Waals surface area contributed by atoms with Crippen molar-refractivity contribution in [3.05, 3.63) is 0 Å². The van der Waals surface area contributed by atoms with Crippen molar-refractivity contribution in [3.8, 4) is 0 Å². The molecular formula is C14H27NO4. The fraction of sp³-hybridized carbons (Fsp3) is 0.929. The Morgan fingerprint density at radius 1 is 1.37 bits per heavy atom. The molecule has 1 aliphatic rings. The molecule has 1 fully saturated rings. The molecule has 112 valence electrons. The monoisotopic (exact) mass is 273 g/mol. The van der Waals surface area contributed by atoms with Crippen LogP contribution < -0.4 is 5.32 Å². The molecule has 5 nitrogen and oxygen atoms in total. The quantitative estimate of drug-likeness (QED) is 0.680. The Hall–Kier alpha value is -0.650. The van der Waals surface area contributed by atoms with Gasteiger partial charge in [-0.1, -0.05) is 6.92 Å². The van der Waals surface area contributed by atoms with E-state index in [9.17, 15) is 9.90 Å². The summed E-state index contributed by atoms with van der Waals surface area (Å²) in [6.07, 6.45) is 4.27. The van der Waals surface area contributed by atoms with E-state index in [1.54, 1.807) is 6.92 Å². The van der Waals surface area contributed by atoms with Crippen molar-refractivity contribution in [1.82, 2.24) is 5.32 Å². The second-order valence-electron chi connectivity index (χ2n) is 5.52. The van der Waals surface area contributed by atoms with Gasteiger partial charge in [0.05, 0.1) is 25.9 Å². The maximum atomic E-state index is 11.2. The molecule has 0 bridgehead atoms. The number of carbonyl (C=O) groups is 1. The van der Waals surface area contributed by atoms with Gasteiger partial charge < -0.3 is 19.9 Å². The zero-order valence-corrected chi connectivity index (χ0v) is 12.2.